The Morgan fingerprint density at radius 1 is 1.48 bits per heavy atom. The lowest BCUT2D eigenvalue weighted by molar-refractivity contribution is -0.139. The molecule has 0 unspecified atom stereocenters. The normalized spacial score (nSPS) is 11.8. The molecule has 0 saturated carbocycles. The van der Waals surface area contributed by atoms with Crippen LogP contribution in [0.2, 0.25) is 0 Å². The van der Waals surface area contributed by atoms with Gasteiger partial charge in [-0.25, -0.2) is 9.59 Å². The van der Waals surface area contributed by atoms with Gasteiger partial charge in [-0.1, -0.05) is 28.1 Å². The van der Waals surface area contributed by atoms with Crippen LogP contribution in [0.15, 0.2) is 28.7 Å². The lowest BCUT2D eigenvalue weighted by Crippen LogP contribution is -2.46. The minimum Gasteiger partial charge on any atom is -0.480 e. The van der Waals surface area contributed by atoms with E-state index in [1.165, 1.54) is 4.90 Å². The van der Waals surface area contributed by atoms with Crippen molar-refractivity contribution in [1.82, 2.24) is 10.2 Å². The smallest absolute Gasteiger partial charge is 0.326 e. The molecular weight excluding hydrogens is 356 g/mol. The van der Waals surface area contributed by atoms with Crippen molar-refractivity contribution < 1.29 is 14.7 Å². The number of carboxylic acid groups (broad SMARTS) is 1. The van der Waals surface area contributed by atoms with E-state index in [4.69, 9.17) is 5.11 Å². The number of thioether (sulfide) groups is 1. The van der Waals surface area contributed by atoms with Gasteiger partial charge in [0, 0.05) is 18.1 Å². The first-order valence-corrected chi connectivity index (χ1v) is 8.60. The Bertz CT molecular complexity index is 499. The van der Waals surface area contributed by atoms with Gasteiger partial charge in [-0.15, -0.1) is 0 Å². The molecule has 0 aromatic heterocycles. The molecule has 7 heteroatoms. The Labute approximate surface area is 137 Å². The Balaban J connectivity index is 2.58. The highest BCUT2D eigenvalue weighted by atomic mass is 79.9. The van der Waals surface area contributed by atoms with Crippen molar-refractivity contribution in [3.05, 3.63) is 34.3 Å². The van der Waals surface area contributed by atoms with Crippen molar-refractivity contribution in [1.29, 1.82) is 0 Å². The molecule has 21 heavy (non-hydrogen) atoms. The van der Waals surface area contributed by atoms with Crippen molar-refractivity contribution in [2.45, 2.75) is 19.0 Å². The molecule has 0 aliphatic carbocycles. The molecular formula is C14H19BrN2O3S. The van der Waals surface area contributed by atoms with E-state index in [0.717, 1.165) is 10.0 Å². The van der Waals surface area contributed by atoms with Gasteiger partial charge < -0.3 is 15.3 Å². The van der Waals surface area contributed by atoms with Gasteiger partial charge in [0.2, 0.25) is 0 Å². The van der Waals surface area contributed by atoms with Gasteiger partial charge in [-0.05, 0) is 36.1 Å². The molecule has 116 valence electrons. The highest BCUT2D eigenvalue weighted by molar-refractivity contribution is 9.10. The highest BCUT2D eigenvalue weighted by Crippen LogP contribution is 2.13. The third kappa shape index (κ3) is 6.39. The Morgan fingerprint density at radius 2 is 2.19 bits per heavy atom. The van der Waals surface area contributed by atoms with E-state index in [-0.39, 0.29) is 6.03 Å². The molecule has 0 saturated heterocycles. The van der Waals surface area contributed by atoms with Gasteiger partial charge in [0.25, 0.3) is 0 Å². The number of nitrogens with zero attached hydrogens (tertiary/aromatic N) is 1. The van der Waals surface area contributed by atoms with Crippen LogP contribution >= 0.6 is 27.7 Å². The van der Waals surface area contributed by atoms with Crippen molar-refractivity contribution in [3.8, 4) is 0 Å². The lowest BCUT2D eigenvalue weighted by Gasteiger charge is -2.21. The van der Waals surface area contributed by atoms with E-state index < -0.39 is 12.0 Å². The molecule has 2 amide bonds. The molecule has 0 aliphatic rings. The van der Waals surface area contributed by atoms with Crippen molar-refractivity contribution in [2.24, 2.45) is 0 Å². The molecule has 0 bridgehead atoms. The summed E-state index contributed by atoms with van der Waals surface area (Å²) < 4.78 is 0.942. The van der Waals surface area contributed by atoms with Crippen molar-refractivity contribution in [2.75, 3.05) is 19.1 Å². The second kappa shape index (κ2) is 8.94. The van der Waals surface area contributed by atoms with Gasteiger partial charge in [0.1, 0.15) is 6.04 Å². The molecule has 0 radical (unpaired) electrons. The molecule has 1 aromatic rings. The summed E-state index contributed by atoms with van der Waals surface area (Å²) in [5, 5.41) is 11.7. The second-order valence-corrected chi connectivity index (χ2v) is 6.51. The number of hydrogen-bond donors (Lipinski definition) is 2. The standard InChI is InChI=1S/C14H19BrN2O3S/c1-17(9-10-4-3-5-11(15)8-10)14(20)16-12(13(18)19)6-7-21-2/h3-5,8,12H,6-7,9H2,1-2H3,(H,16,20)(H,18,19)/t12-/m1/s1. The second-order valence-electron chi connectivity index (χ2n) is 4.61. The predicted molar refractivity (Wildman–Crippen MR) is 88.6 cm³/mol. The van der Waals surface area contributed by atoms with Crippen molar-refractivity contribution >= 4 is 39.7 Å². The zero-order valence-electron chi connectivity index (χ0n) is 12.0. The molecule has 2 N–H and O–H groups in total. The van der Waals surface area contributed by atoms with E-state index in [1.807, 2.05) is 30.5 Å². The summed E-state index contributed by atoms with van der Waals surface area (Å²) in [5.41, 5.74) is 0.970. The third-order valence-corrected chi connectivity index (χ3v) is 4.00. The van der Waals surface area contributed by atoms with Crippen LogP contribution in [0, 0.1) is 0 Å². The summed E-state index contributed by atoms with van der Waals surface area (Å²) in [7, 11) is 1.64. The maximum Gasteiger partial charge on any atom is 0.326 e. The fraction of sp³-hybridized carbons (Fsp3) is 0.429. The molecule has 1 rings (SSSR count). The van der Waals surface area contributed by atoms with Crippen LogP contribution < -0.4 is 5.32 Å². The minimum atomic E-state index is -1.01. The molecule has 0 aliphatic heterocycles. The van der Waals surface area contributed by atoms with Crippen LogP contribution in [-0.4, -0.2) is 47.1 Å². The molecule has 5 nitrogen and oxygen atoms in total. The van der Waals surface area contributed by atoms with Gasteiger partial charge in [0.15, 0.2) is 0 Å². The molecule has 1 aromatic carbocycles. The first kappa shape index (κ1) is 17.8. The molecule has 0 fully saturated rings. The van der Waals surface area contributed by atoms with E-state index >= 15 is 0 Å². The number of benzene rings is 1. The van der Waals surface area contributed by atoms with Crippen LogP contribution in [0.1, 0.15) is 12.0 Å². The zero-order valence-corrected chi connectivity index (χ0v) is 14.4. The van der Waals surface area contributed by atoms with Gasteiger partial charge in [-0.3, -0.25) is 0 Å². The fourth-order valence-electron chi connectivity index (χ4n) is 1.73. The highest BCUT2D eigenvalue weighted by Gasteiger charge is 2.21. The van der Waals surface area contributed by atoms with E-state index in [9.17, 15) is 9.59 Å². The van der Waals surface area contributed by atoms with Crippen LogP contribution in [0.5, 0.6) is 0 Å². The number of amides is 2. The maximum absolute atomic E-state index is 12.0. The number of halogens is 1. The SMILES string of the molecule is CSCC[C@@H](NC(=O)N(C)Cc1cccc(Br)c1)C(=O)O. The lowest BCUT2D eigenvalue weighted by atomic mass is 10.2. The zero-order chi connectivity index (χ0) is 15.8. The average molecular weight is 375 g/mol. The number of nitrogens with one attached hydrogen (secondary N) is 1. The predicted octanol–water partition coefficient (Wildman–Crippen LogP) is 2.80. The van der Waals surface area contributed by atoms with Crippen molar-refractivity contribution in [3.63, 3.8) is 0 Å². The summed E-state index contributed by atoms with van der Waals surface area (Å²) in [4.78, 5) is 24.6. The Hall–Kier alpha value is -1.21. The average Bonchev–Trinajstić information content (AvgIpc) is 2.42. The number of carbonyl (C=O) groups excluding carboxylic acids is 1. The maximum atomic E-state index is 12.0. The first-order valence-electron chi connectivity index (χ1n) is 6.42. The van der Waals surface area contributed by atoms with Gasteiger partial charge in [-0.2, -0.15) is 11.8 Å². The molecule has 0 spiro atoms. The molecule has 1 atom stereocenters. The summed E-state index contributed by atoms with van der Waals surface area (Å²) in [6, 6.07) is 6.40. The van der Waals surface area contributed by atoms with Gasteiger partial charge >= 0.3 is 12.0 Å². The van der Waals surface area contributed by atoms with E-state index in [1.54, 1.807) is 18.8 Å². The number of carbonyl (C=O) groups is 2. The van der Waals surface area contributed by atoms with Crippen LogP contribution in [0.4, 0.5) is 4.79 Å². The van der Waals surface area contributed by atoms with Crippen LogP contribution in [0.25, 0.3) is 0 Å². The number of rotatable bonds is 7. The minimum absolute atomic E-state index is 0.386. The van der Waals surface area contributed by atoms with E-state index in [2.05, 4.69) is 21.2 Å². The van der Waals surface area contributed by atoms with E-state index in [0.29, 0.717) is 18.7 Å². The number of urea groups is 1. The Kier molecular flexibility index (Phi) is 7.60. The number of hydrogen-bond acceptors (Lipinski definition) is 3. The fourth-order valence-corrected chi connectivity index (χ4v) is 2.65. The summed E-state index contributed by atoms with van der Waals surface area (Å²) >= 11 is 4.93. The number of aliphatic carboxylic acids is 1. The number of carboxylic acids is 1. The van der Waals surface area contributed by atoms with Crippen LogP contribution in [0.3, 0.4) is 0 Å². The first-order chi connectivity index (χ1) is 9.93. The monoisotopic (exact) mass is 374 g/mol. The van der Waals surface area contributed by atoms with Crippen LogP contribution in [-0.2, 0) is 11.3 Å². The third-order valence-electron chi connectivity index (χ3n) is 2.86. The summed E-state index contributed by atoms with van der Waals surface area (Å²) in [5.74, 6) is -0.319. The summed E-state index contributed by atoms with van der Waals surface area (Å²) in [6.07, 6.45) is 2.31. The van der Waals surface area contributed by atoms with Gasteiger partial charge in [0.05, 0.1) is 0 Å². The largest absolute Gasteiger partial charge is 0.480 e. The Morgan fingerprint density at radius 3 is 2.76 bits per heavy atom. The molecule has 0 heterocycles. The quantitative estimate of drug-likeness (QED) is 0.769. The topological polar surface area (TPSA) is 69.6 Å². The summed E-state index contributed by atoms with van der Waals surface area (Å²) in [6.45, 7) is 0.417.